The molecular weight excluding hydrogens is 328 g/mol. The van der Waals surface area contributed by atoms with Gasteiger partial charge in [-0.25, -0.2) is 12.7 Å². The zero-order valence-corrected chi connectivity index (χ0v) is 14.8. The van der Waals surface area contributed by atoms with Crippen LogP contribution >= 0.6 is 0 Å². The number of piperidine rings is 1. The minimum atomic E-state index is -3.63. The van der Waals surface area contributed by atoms with E-state index in [-0.39, 0.29) is 25.9 Å². The van der Waals surface area contributed by atoms with Crippen molar-refractivity contribution in [2.75, 3.05) is 20.1 Å². The van der Waals surface area contributed by atoms with Gasteiger partial charge in [0.25, 0.3) is 0 Å². The topological polar surface area (TPSA) is 86.7 Å². The predicted octanol–water partition coefficient (Wildman–Crippen LogP) is 1.69. The highest BCUT2D eigenvalue weighted by molar-refractivity contribution is 7.89. The van der Waals surface area contributed by atoms with E-state index < -0.39 is 26.8 Å². The Kier molecular flexibility index (Phi) is 5.47. The maximum Gasteiger partial charge on any atom is 0.323 e. The Morgan fingerprint density at radius 3 is 2.29 bits per heavy atom. The average Bonchev–Trinajstić information content (AvgIpc) is 2.57. The summed E-state index contributed by atoms with van der Waals surface area (Å²) in [4.78, 5) is 11.5. The van der Waals surface area contributed by atoms with E-state index in [1.165, 1.54) is 10.4 Å². The van der Waals surface area contributed by atoms with E-state index in [9.17, 15) is 18.3 Å². The molecule has 0 bridgehead atoms. The summed E-state index contributed by atoms with van der Waals surface area (Å²) in [5.74, 6) is -0.944. The van der Waals surface area contributed by atoms with Crippen LogP contribution in [0, 0.1) is 6.92 Å². The minimum Gasteiger partial charge on any atom is -0.480 e. The number of carboxylic acid groups (broad SMARTS) is 1. The maximum absolute atomic E-state index is 13.0. The molecule has 0 amide bonds. The molecule has 7 heteroatoms. The molecule has 1 aliphatic heterocycles. The van der Waals surface area contributed by atoms with Crippen molar-refractivity contribution >= 4 is 16.0 Å². The number of nitrogens with zero attached hydrogens (tertiary/aromatic N) is 1. The largest absolute Gasteiger partial charge is 0.480 e. The van der Waals surface area contributed by atoms with Crippen LogP contribution in [0.3, 0.4) is 0 Å². The van der Waals surface area contributed by atoms with E-state index in [0.717, 1.165) is 5.56 Å². The maximum atomic E-state index is 13.0. The van der Waals surface area contributed by atoms with Gasteiger partial charge in [-0.2, -0.15) is 0 Å². The number of rotatable bonds is 6. The zero-order chi connectivity index (χ0) is 18.0. The number of sulfonamides is 1. The third-order valence-electron chi connectivity index (χ3n) is 4.76. The number of aliphatic carboxylic acids is 1. The third-order valence-corrected chi connectivity index (χ3v) is 6.96. The summed E-state index contributed by atoms with van der Waals surface area (Å²) in [6, 6.07) is 7.32. The van der Waals surface area contributed by atoms with Crippen molar-refractivity contribution < 1.29 is 18.3 Å². The van der Waals surface area contributed by atoms with Crippen molar-refractivity contribution in [3.63, 3.8) is 0 Å². The van der Waals surface area contributed by atoms with Crippen LogP contribution in [0.4, 0.5) is 0 Å². The van der Waals surface area contributed by atoms with Crippen LogP contribution in [0.2, 0.25) is 0 Å². The van der Waals surface area contributed by atoms with Crippen LogP contribution in [0.25, 0.3) is 0 Å². The molecular formula is C17H24N2O4S. The lowest BCUT2D eigenvalue weighted by Gasteiger charge is -2.39. The second-order valence-electron chi connectivity index (χ2n) is 6.15. The van der Waals surface area contributed by atoms with Crippen molar-refractivity contribution in [2.24, 2.45) is 0 Å². The lowest BCUT2D eigenvalue weighted by atomic mass is 9.89. The molecule has 1 atom stereocenters. The van der Waals surface area contributed by atoms with E-state index in [4.69, 9.17) is 0 Å². The van der Waals surface area contributed by atoms with Gasteiger partial charge in [0.1, 0.15) is 10.8 Å². The van der Waals surface area contributed by atoms with Crippen LogP contribution in [-0.4, -0.2) is 49.5 Å². The Labute approximate surface area is 143 Å². The highest BCUT2D eigenvalue weighted by Gasteiger charge is 2.44. The standard InChI is InChI=1S/C17H24N2O4S/c1-4-15(14-7-5-13(2)6-8-14)24(22,23)19-11-9-17(18-3,10-12-19)16(20)21/h4-8,15,18H,1,9-12H2,2-3H3,(H,20,21). The van der Waals surface area contributed by atoms with Crippen molar-refractivity contribution in [1.29, 1.82) is 0 Å². The quantitative estimate of drug-likeness (QED) is 0.761. The molecule has 1 saturated heterocycles. The van der Waals surface area contributed by atoms with Gasteiger partial charge in [-0.15, -0.1) is 6.58 Å². The van der Waals surface area contributed by atoms with Crippen LogP contribution < -0.4 is 5.32 Å². The zero-order valence-electron chi connectivity index (χ0n) is 14.0. The fraction of sp³-hybridized carbons (Fsp3) is 0.471. The lowest BCUT2D eigenvalue weighted by molar-refractivity contribution is -0.146. The molecule has 0 spiro atoms. The molecule has 0 saturated carbocycles. The number of carboxylic acids is 1. The molecule has 1 aromatic carbocycles. The van der Waals surface area contributed by atoms with Gasteiger partial charge >= 0.3 is 5.97 Å². The van der Waals surface area contributed by atoms with Gasteiger partial charge in [-0.3, -0.25) is 4.79 Å². The average molecular weight is 352 g/mol. The monoisotopic (exact) mass is 352 g/mol. The van der Waals surface area contributed by atoms with E-state index in [2.05, 4.69) is 11.9 Å². The predicted molar refractivity (Wildman–Crippen MR) is 93.3 cm³/mol. The number of likely N-dealkylation sites (N-methyl/N-ethyl adjacent to an activating group) is 1. The van der Waals surface area contributed by atoms with Gasteiger partial charge in [0.15, 0.2) is 0 Å². The summed E-state index contributed by atoms with van der Waals surface area (Å²) < 4.78 is 27.3. The number of nitrogens with one attached hydrogen (secondary N) is 1. The first-order chi connectivity index (χ1) is 11.3. The summed E-state index contributed by atoms with van der Waals surface area (Å²) in [6.45, 7) is 5.97. The molecule has 0 aliphatic carbocycles. The molecule has 1 aliphatic rings. The number of hydrogen-bond acceptors (Lipinski definition) is 4. The molecule has 2 N–H and O–H groups in total. The molecule has 0 radical (unpaired) electrons. The van der Waals surface area contributed by atoms with E-state index in [1.54, 1.807) is 19.2 Å². The van der Waals surface area contributed by atoms with Crippen LogP contribution in [-0.2, 0) is 14.8 Å². The fourth-order valence-corrected chi connectivity index (χ4v) is 4.80. The lowest BCUT2D eigenvalue weighted by Crippen LogP contribution is -2.58. The number of carbonyl (C=O) groups is 1. The second kappa shape index (κ2) is 7.04. The highest BCUT2D eigenvalue weighted by atomic mass is 32.2. The Morgan fingerprint density at radius 2 is 1.88 bits per heavy atom. The molecule has 1 fully saturated rings. The number of hydrogen-bond donors (Lipinski definition) is 2. The van der Waals surface area contributed by atoms with Crippen LogP contribution in [0.1, 0.15) is 29.2 Å². The first-order valence-electron chi connectivity index (χ1n) is 7.87. The molecule has 2 rings (SSSR count). The molecule has 24 heavy (non-hydrogen) atoms. The summed E-state index contributed by atoms with van der Waals surface area (Å²) in [5.41, 5.74) is 0.663. The smallest absolute Gasteiger partial charge is 0.323 e. The Hall–Kier alpha value is -1.70. The van der Waals surface area contributed by atoms with Gasteiger partial charge in [-0.05, 0) is 32.4 Å². The number of benzene rings is 1. The fourth-order valence-electron chi connectivity index (χ4n) is 3.04. The first kappa shape index (κ1) is 18.6. The van der Waals surface area contributed by atoms with Crippen molar-refractivity contribution in [3.8, 4) is 0 Å². The molecule has 1 heterocycles. The molecule has 0 aromatic heterocycles. The van der Waals surface area contributed by atoms with Crippen LogP contribution in [0.5, 0.6) is 0 Å². The molecule has 1 unspecified atom stereocenters. The van der Waals surface area contributed by atoms with Crippen LogP contribution in [0.15, 0.2) is 36.9 Å². The SMILES string of the molecule is C=CC(c1ccc(C)cc1)S(=O)(=O)N1CCC(NC)(C(=O)O)CC1. The first-order valence-corrected chi connectivity index (χ1v) is 9.37. The van der Waals surface area contributed by atoms with Crippen molar-refractivity contribution in [3.05, 3.63) is 48.0 Å². The third kappa shape index (κ3) is 3.38. The van der Waals surface area contributed by atoms with Gasteiger partial charge < -0.3 is 10.4 Å². The Morgan fingerprint density at radius 1 is 1.33 bits per heavy atom. The summed E-state index contributed by atoms with van der Waals surface area (Å²) in [6.07, 6.45) is 1.89. The van der Waals surface area contributed by atoms with Crippen molar-refractivity contribution in [1.82, 2.24) is 9.62 Å². The normalized spacial score (nSPS) is 19.6. The molecule has 132 valence electrons. The number of aryl methyl sites for hydroxylation is 1. The van der Waals surface area contributed by atoms with Gasteiger partial charge in [0.2, 0.25) is 10.0 Å². The van der Waals surface area contributed by atoms with Crippen molar-refractivity contribution in [2.45, 2.75) is 30.6 Å². The minimum absolute atomic E-state index is 0.172. The Balaban J connectivity index is 2.23. The molecule has 6 nitrogen and oxygen atoms in total. The highest BCUT2D eigenvalue weighted by Crippen LogP contribution is 2.31. The Bertz CT molecular complexity index is 705. The van der Waals surface area contributed by atoms with Gasteiger partial charge in [0.05, 0.1) is 0 Å². The summed E-state index contributed by atoms with van der Waals surface area (Å²) in [7, 11) is -2.04. The van der Waals surface area contributed by atoms with Gasteiger partial charge in [-0.1, -0.05) is 35.9 Å². The summed E-state index contributed by atoms with van der Waals surface area (Å²) in [5, 5.41) is 11.4. The van der Waals surface area contributed by atoms with E-state index in [0.29, 0.717) is 5.56 Å². The molecule has 1 aromatic rings. The second-order valence-corrected chi connectivity index (χ2v) is 8.20. The van der Waals surface area contributed by atoms with Gasteiger partial charge in [0, 0.05) is 13.1 Å². The summed E-state index contributed by atoms with van der Waals surface area (Å²) >= 11 is 0. The van der Waals surface area contributed by atoms with E-state index in [1.807, 2.05) is 19.1 Å². The van der Waals surface area contributed by atoms with E-state index >= 15 is 0 Å².